The Hall–Kier alpha value is -1.52. The van der Waals surface area contributed by atoms with E-state index in [1.807, 2.05) is 0 Å². The number of nitrogens with one attached hydrogen (secondary N) is 2. The number of urea groups is 1. The fourth-order valence-electron chi connectivity index (χ4n) is 0.300. The van der Waals surface area contributed by atoms with Crippen molar-refractivity contribution in [3.05, 3.63) is 12.8 Å². The molecule has 0 saturated carbocycles. The highest BCUT2D eigenvalue weighted by molar-refractivity contribution is 5.80. The van der Waals surface area contributed by atoms with Crippen LogP contribution in [0.25, 0.3) is 0 Å². The molecule has 0 fully saturated rings. The molecule has 0 saturated heterocycles. The summed E-state index contributed by atoms with van der Waals surface area (Å²) < 4.78 is 0. The molecular formula is C5H8N2O3. The van der Waals surface area contributed by atoms with Crippen molar-refractivity contribution < 1.29 is 14.7 Å². The van der Waals surface area contributed by atoms with E-state index in [9.17, 15) is 9.59 Å². The molecular weight excluding hydrogens is 136 g/mol. The van der Waals surface area contributed by atoms with E-state index in [1.165, 1.54) is 0 Å². The third-order valence-electron chi connectivity index (χ3n) is 0.633. The number of aliphatic carboxylic acids is 1. The predicted molar refractivity (Wildman–Crippen MR) is 34.4 cm³/mol. The first-order valence-corrected chi connectivity index (χ1v) is 2.54. The molecule has 3 N–H and O–H groups in total. The number of rotatable bonds is 3. The van der Waals surface area contributed by atoms with Gasteiger partial charge in [0, 0.05) is 0 Å². The zero-order valence-electron chi connectivity index (χ0n) is 5.26. The van der Waals surface area contributed by atoms with Crippen LogP contribution in [-0.4, -0.2) is 23.7 Å². The molecule has 0 aliphatic heterocycles. The van der Waals surface area contributed by atoms with Gasteiger partial charge in [-0.3, -0.25) is 4.79 Å². The Morgan fingerprint density at radius 1 is 1.60 bits per heavy atom. The third kappa shape index (κ3) is 4.63. The Balaban J connectivity index is 3.39. The van der Waals surface area contributed by atoms with E-state index in [4.69, 9.17) is 5.11 Å². The summed E-state index contributed by atoms with van der Waals surface area (Å²) in [4.78, 5) is 20.2. The second kappa shape index (κ2) is 4.37. The molecule has 0 aromatic carbocycles. The summed E-state index contributed by atoms with van der Waals surface area (Å²) in [6, 6.07) is -0.572. The lowest BCUT2D eigenvalue weighted by Gasteiger charge is -1.98. The van der Waals surface area contributed by atoms with Crippen LogP contribution in [0.3, 0.4) is 0 Å². The Kier molecular flexibility index (Phi) is 3.70. The third-order valence-corrected chi connectivity index (χ3v) is 0.633. The van der Waals surface area contributed by atoms with Crippen LogP contribution in [0.15, 0.2) is 12.8 Å². The van der Waals surface area contributed by atoms with Gasteiger partial charge in [0.2, 0.25) is 0 Å². The van der Waals surface area contributed by atoms with Crippen LogP contribution in [-0.2, 0) is 4.79 Å². The predicted octanol–water partition coefficient (Wildman–Crippen LogP) is -0.486. The highest BCUT2D eigenvalue weighted by Crippen LogP contribution is 1.64. The van der Waals surface area contributed by atoms with Crippen LogP contribution >= 0.6 is 0 Å². The lowest BCUT2D eigenvalue weighted by molar-refractivity contribution is -0.135. The maximum Gasteiger partial charge on any atom is 0.323 e. The summed E-state index contributed by atoms with van der Waals surface area (Å²) in [6.07, 6.45) is 1.16. The summed E-state index contributed by atoms with van der Waals surface area (Å²) >= 11 is 0. The smallest absolute Gasteiger partial charge is 0.323 e. The maximum atomic E-state index is 10.4. The number of carboxylic acids is 1. The number of carbonyl (C=O) groups excluding carboxylic acids is 1. The maximum absolute atomic E-state index is 10.4. The largest absolute Gasteiger partial charge is 0.480 e. The zero-order chi connectivity index (χ0) is 7.98. The molecule has 5 heteroatoms. The van der Waals surface area contributed by atoms with Crippen molar-refractivity contribution in [2.45, 2.75) is 0 Å². The van der Waals surface area contributed by atoms with Crippen molar-refractivity contribution in [1.82, 2.24) is 10.6 Å². The zero-order valence-corrected chi connectivity index (χ0v) is 5.26. The first-order valence-electron chi connectivity index (χ1n) is 2.54. The van der Waals surface area contributed by atoms with E-state index in [2.05, 4.69) is 17.2 Å². The van der Waals surface area contributed by atoms with Crippen molar-refractivity contribution in [3.63, 3.8) is 0 Å². The van der Waals surface area contributed by atoms with Crippen molar-refractivity contribution in [2.24, 2.45) is 0 Å². The van der Waals surface area contributed by atoms with Gasteiger partial charge in [-0.15, -0.1) is 0 Å². The van der Waals surface area contributed by atoms with Crippen molar-refractivity contribution in [1.29, 1.82) is 0 Å². The molecule has 0 aliphatic carbocycles. The first kappa shape index (κ1) is 8.48. The molecule has 10 heavy (non-hydrogen) atoms. The van der Waals surface area contributed by atoms with Crippen LogP contribution in [0.1, 0.15) is 0 Å². The van der Waals surface area contributed by atoms with Crippen LogP contribution < -0.4 is 10.6 Å². The fourth-order valence-corrected chi connectivity index (χ4v) is 0.300. The minimum atomic E-state index is -1.08. The van der Waals surface area contributed by atoms with E-state index < -0.39 is 12.0 Å². The lowest BCUT2D eigenvalue weighted by Crippen LogP contribution is -2.35. The first-order chi connectivity index (χ1) is 4.66. The number of carboxylic acid groups (broad SMARTS) is 1. The number of amides is 2. The minimum absolute atomic E-state index is 0.389. The van der Waals surface area contributed by atoms with Crippen molar-refractivity contribution in [2.75, 3.05) is 6.54 Å². The monoisotopic (exact) mass is 144 g/mol. The van der Waals surface area contributed by atoms with Gasteiger partial charge in [0.25, 0.3) is 0 Å². The van der Waals surface area contributed by atoms with Gasteiger partial charge in [-0.2, -0.15) is 0 Å². The summed E-state index contributed by atoms with van der Waals surface area (Å²) in [7, 11) is 0. The second-order valence-electron chi connectivity index (χ2n) is 1.42. The second-order valence-corrected chi connectivity index (χ2v) is 1.42. The average molecular weight is 144 g/mol. The van der Waals surface area contributed by atoms with E-state index in [1.54, 1.807) is 0 Å². The highest BCUT2D eigenvalue weighted by Gasteiger charge is 1.98. The molecule has 0 rings (SSSR count). The number of hydrogen-bond acceptors (Lipinski definition) is 2. The summed E-state index contributed by atoms with van der Waals surface area (Å²) in [5, 5.41) is 12.3. The average Bonchev–Trinajstić information content (AvgIpc) is 1.85. The van der Waals surface area contributed by atoms with Gasteiger partial charge in [-0.1, -0.05) is 6.58 Å². The molecule has 5 nitrogen and oxygen atoms in total. The van der Waals surface area contributed by atoms with E-state index >= 15 is 0 Å². The van der Waals surface area contributed by atoms with Gasteiger partial charge in [-0.25, -0.2) is 4.79 Å². The molecule has 2 amide bonds. The summed E-state index contributed by atoms with van der Waals surface area (Å²) in [6.45, 7) is 2.82. The van der Waals surface area contributed by atoms with Crippen molar-refractivity contribution >= 4 is 12.0 Å². The minimum Gasteiger partial charge on any atom is -0.480 e. The van der Waals surface area contributed by atoms with Crippen molar-refractivity contribution in [3.8, 4) is 0 Å². The molecule has 0 aromatic rings. The quantitative estimate of drug-likeness (QED) is 0.500. The normalized spacial score (nSPS) is 8.00. The molecule has 56 valence electrons. The molecule has 0 spiro atoms. The van der Waals surface area contributed by atoms with Gasteiger partial charge < -0.3 is 15.7 Å². The Morgan fingerprint density at radius 3 is 2.60 bits per heavy atom. The van der Waals surface area contributed by atoms with Gasteiger partial charge in [0.05, 0.1) is 0 Å². The number of carbonyl (C=O) groups is 2. The summed E-state index contributed by atoms with van der Waals surface area (Å²) in [5.74, 6) is -1.08. The van der Waals surface area contributed by atoms with Crippen LogP contribution in [0.5, 0.6) is 0 Å². The van der Waals surface area contributed by atoms with Crippen LogP contribution in [0.4, 0.5) is 4.79 Å². The lowest BCUT2D eigenvalue weighted by atomic mass is 10.6. The standard InChI is InChI=1S/C5H8N2O3/c1-2-6-5(10)7-3-4(8)9/h2H,1,3H2,(H,8,9)(H2,6,7,10). The molecule has 0 heterocycles. The van der Waals surface area contributed by atoms with E-state index in [0.29, 0.717) is 0 Å². The molecule has 0 bridgehead atoms. The van der Waals surface area contributed by atoms with Gasteiger partial charge in [0.1, 0.15) is 6.54 Å². The molecule has 0 unspecified atom stereocenters. The van der Waals surface area contributed by atoms with Gasteiger partial charge >= 0.3 is 12.0 Å². The highest BCUT2D eigenvalue weighted by atomic mass is 16.4. The molecule has 0 atom stereocenters. The number of hydrogen-bond donors (Lipinski definition) is 3. The molecule has 0 aliphatic rings. The fraction of sp³-hybridized carbons (Fsp3) is 0.200. The SMILES string of the molecule is C=CNC(=O)NCC(=O)O. The van der Waals surface area contributed by atoms with E-state index in [0.717, 1.165) is 6.20 Å². The Morgan fingerprint density at radius 2 is 2.20 bits per heavy atom. The van der Waals surface area contributed by atoms with Crippen LogP contribution in [0, 0.1) is 0 Å². The van der Waals surface area contributed by atoms with E-state index in [-0.39, 0.29) is 6.54 Å². The van der Waals surface area contributed by atoms with Crippen LogP contribution in [0.2, 0.25) is 0 Å². The van der Waals surface area contributed by atoms with Gasteiger partial charge in [0.15, 0.2) is 0 Å². The molecule has 0 aromatic heterocycles. The molecule has 0 radical (unpaired) electrons. The summed E-state index contributed by atoms with van der Waals surface area (Å²) in [5.41, 5.74) is 0. The van der Waals surface area contributed by atoms with Gasteiger partial charge in [-0.05, 0) is 6.20 Å². The topological polar surface area (TPSA) is 78.4 Å². The Bertz CT molecular complexity index is 155. The Labute approximate surface area is 57.7 Å².